The van der Waals surface area contributed by atoms with Gasteiger partial charge >= 0.3 is 0 Å². The van der Waals surface area contributed by atoms with Crippen LogP contribution in [0, 0.1) is 57.2 Å². The minimum atomic E-state index is -0.715. The molecule has 0 bridgehead atoms. The van der Waals surface area contributed by atoms with E-state index in [2.05, 4.69) is 44.7 Å². The molecule has 4 saturated carbocycles. The van der Waals surface area contributed by atoms with Gasteiger partial charge in [0.25, 0.3) is 0 Å². The van der Waals surface area contributed by atoms with Gasteiger partial charge in [0, 0.05) is 0 Å². The van der Waals surface area contributed by atoms with Crippen molar-refractivity contribution in [3.63, 3.8) is 0 Å². The molecular weight excluding hydrogens is 400 g/mol. The Morgan fingerprint density at radius 2 is 0.938 bits per heavy atom. The highest BCUT2D eigenvalue weighted by molar-refractivity contribution is 5.16. The van der Waals surface area contributed by atoms with E-state index in [0.717, 1.165) is 77.0 Å². The van der Waals surface area contributed by atoms with Crippen molar-refractivity contribution in [2.24, 2.45) is 32.3 Å². The van der Waals surface area contributed by atoms with Crippen molar-refractivity contribution < 1.29 is 0 Å². The topological polar surface area (TPSA) is 145 Å². The summed E-state index contributed by atoms with van der Waals surface area (Å²) in [7, 11) is 0. The highest BCUT2D eigenvalue weighted by atomic mass is 15.2. The highest BCUT2D eigenvalue weighted by Gasteiger charge is 2.46. The molecule has 8 nitrogen and oxygen atoms in total. The number of nitrogens with zero attached hydrogens (tertiary/aromatic N) is 8. The highest BCUT2D eigenvalue weighted by Crippen LogP contribution is 2.45. The van der Waals surface area contributed by atoms with Crippen LogP contribution in [-0.4, -0.2) is 22.2 Å². The third kappa shape index (κ3) is 5.31. The van der Waals surface area contributed by atoms with Crippen molar-refractivity contribution in [1.82, 2.24) is 0 Å². The van der Waals surface area contributed by atoms with Crippen LogP contribution in [0.5, 0.6) is 0 Å². The fraction of sp³-hybridized carbons (Fsp3) is 0.833. The largest absolute Gasteiger partial charge is 0.196 e. The Kier molecular flexibility index (Phi) is 6.95. The Morgan fingerprint density at radius 1 is 0.625 bits per heavy atom. The minimum Gasteiger partial charge on any atom is -0.196 e. The van der Waals surface area contributed by atoms with Crippen molar-refractivity contribution in [3.8, 4) is 24.3 Å². The van der Waals surface area contributed by atoms with Crippen LogP contribution < -0.4 is 0 Å². The summed E-state index contributed by atoms with van der Waals surface area (Å²) in [5.41, 5.74) is -2.67. The first-order valence-electron chi connectivity index (χ1n) is 11.8. The lowest BCUT2D eigenvalue weighted by molar-refractivity contribution is 0.428. The standard InChI is InChI=1S/2C12H16N4/c1-11(7-13,9-3-4-9)15-16-12(2,8-14)10-5-6-10;13-9-11(5-1-2-6-11)15-16-12(10-14)7-3-4-8-12/h9-10H,3-6H2,1-2H3;1-8H2. The lowest BCUT2D eigenvalue weighted by atomic mass is 9.98. The van der Waals surface area contributed by atoms with Gasteiger partial charge in [0.2, 0.25) is 0 Å². The summed E-state index contributed by atoms with van der Waals surface area (Å²) in [5.74, 6) is 0.673. The molecule has 0 aromatic heterocycles. The number of azo groups is 2. The second-order valence-electron chi connectivity index (χ2n) is 10.2. The molecule has 2 atom stereocenters. The van der Waals surface area contributed by atoms with E-state index < -0.39 is 22.2 Å². The molecule has 4 fully saturated rings. The number of nitriles is 4. The van der Waals surface area contributed by atoms with Crippen molar-refractivity contribution in [1.29, 1.82) is 21.0 Å². The summed E-state index contributed by atoms with van der Waals surface area (Å²) in [6, 6.07) is 9.00. The van der Waals surface area contributed by atoms with Gasteiger partial charge in [0.15, 0.2) is 22.2 Å². The summed E-state index contributed by atoms with van der Waals surface area (Å²) in [5, 5.41) is 53.4. The van der Waals surface area contributed by atoms with Crippen molar-refractivity contribution in [2.45, 2.75) is 113 Å². The number of hydrogen-bond donors (Lipinski definition) is 0. The van der Waals surface area contributed by atoms with Gasteiger partial charge in [-0.3, -0.25) is 0 Å². The van der Waals surface area contributed by atoms with Crippen molar-refractivity contribution in [2.75, 3.05) is 0 Å². The first-order valence-corrected chi connectivity index (χ1v) is 11.8. The van der Waals surface area contributed by atoms with Gasteiger partial charge in [-0.1, -0.05) is 0 Å². The van der Waals surface area contributed by atoms with Crippen LogP contribution in [0.4, 0.5) is 0 Å². The third-order valence-electron chi connectivity index (χ3n) is 7.37. The summed E-state index contributed by atoms with van der Waals surface area (Å²) in [6.07, 6.45) is 11.6. The molecule has 4 aliphatic carbocycles. The zero-order valence-corrected chi connectivity index (χ0v) is 19.2. The molecule has 0 N–H and O–H groups in total. The molecule has 2 unspecified atom stereocenters. The Morgan fingerprint density at radius 3 is 1.16 bits per heavy atom. The molecule has 0 saturated heterocycles. The molecule has 0 aromatic rings. The normalized spacial score (nSPS) is 27.2. The molecule has 0 aliphatic heterocycles. The second-order valence-corrected chi connectivity index (χ2v) is 10.2. The van der Waals surface area contributed by atoms with E-state index in [1.54, 1.807) is 0 Å². The molecular formula is C24H32N8. The lowest BCUT2D eigenvalue weighted by Gasteiger charge is -2.18. The SMILES string of the molecule is CC(C#N)(N=NC(C)(C#N)C1CC1)C1CC1.N#CC1(N=NC2(C#N)CCCC2)CCCC1. The molecule has 8 heteroatoms. The molecule has 32 heavy (non-hydrogen) atoms. The van der Waals surface area contributed by atoms with Gasteiger partial charge in [-0.2, -0.15) is 41.5 Å². The van der Waals surface area contributed by atoms with Gasteiger partial charge in [0.1, 0.15) is 0 Å². The Bertz CT molecular complexity index is 794. The molecule has 0 aromatic carbocycles. The van der Waals surface area contributed by atoms with E-state index in [1.165, 1.54) is 0 Å². The average Bonchev–Trinajstić information content (AvgIpc) is 3.77. The van der Waals surface area contributed by atoms with Gasteiger partial charge in [-0.25, -0.2) is 0 Å². The van der Waals surface area contributed by atoms with E-state index in [4.69, 9.17) is 21.0 Å². The Hall–Kier alpha value is -2.84. The van der Waals surface area contributed by atoms with Gasteiger partial charge in [-0.15, -0.1) is 0 Å². The van der Waals surface area contributed by atoms with Crippen LogP contribution in [-0.2, 0) is 0 Å². The van der Waals surface area contributed by atoms with Gasteiger partial charge in [-0.05, 0) is 103 Å². The first kappa shape index (κ1) is 23.8. The maximum absolute atomic E-state index is 9.16. The van der Waals surface area contributed by atoms with E-state index in [1.807, 2.05) is 13.8 Å². The fourth-order valence-electron chi connectivity index (χ4n) is 4.47. The molecule has 0 heterocycles. The molecule has 0 radical (unpaired) electrons. The van der Waals surface area contributed by atoms with Crippen LogP contribution in [0.2, 0.25) is 0 Å². The van der Waals surface area contributed by atoms with Crippen LogP contribution >= 0.6 is 0 Å². The quantitative estimate of drug-likeness (QED) is 0.478. The van der Waals surface area contributed by atoms with Crippen LogP contribution in [0.15, 0.2) is 20.5 Å². The van der Waals surface area contributed by atoms with E-state index in [9.17, 15) is 0 Å². The molecule has 4 aliphatic rings. The van der Waals surface area contributed by atoms with Gasteiger partial charge < -0.3 is 0 Å². The molecule has 4 rings (SSSR count). The zero-order valence-electron chi connectivity index (χ0n) is 19.2. The lowest BCUT2D eigenvalue weighted by Crippen LogP contribution is -2.26. The van der Waals surface area contributed by atoms with Crippen LogP contribution in [0.1, 0.15) is 90.9 Å². The maximum Gasteiger partial charge on any atom is 0.167 e. The predicted octanol–water partition coefficient (Wildman–Crippen LogP) is 5.93. The van der Waals surface area contributed by atoms with E-state index >= 15 is 0 Å². The molecule has 0 amide bonds. The summed E-state index contributed by atoms with van der Waals surface area (Å²) in [4.78, 5) is 0. The van der Waals surface area contributed by atoms with E-state index in [0.29, 0.717) is 11.8 Å². The number of hydrogen-bond acceptors (Lipinski definition) is 8. The van der Waals surface area contributed by atoms with Crippen molar-refractivity contribution in [3.05, 3.63) is 0 Å². The molecule has 168 valence electrons. The first-order chi connectivity index (χ1) is 15.3. The Labute approximate surface area is 191 Å². The summed E-state index contributed by atoms with van der Waals surface area (Å²) in [6.45, 7) is 3.64. The number of rotatable bonds is 6. The van der Waals surface area contributed by atoms with Crippen molar-refractivity contribution >= 4 is 0 Å². The van der Waals surface area contributed by atoms with Crippen LogP contribution in [0.3, 0.4) is 0 Å². The Balaban J connectivity index is 0.000000181. The van der Waals surface area contributed by atoms with Crippen LogP contribution in [0.25, 0.3) is 0 Å². The maximum atomic E-state index is 9.16. The summed E-state index contributed by atoms with van der Waals surface area (Å²) >= 11 is 0. The minimum absolute atomic E-state index is 0.336. The average molecular weight is 433 g/mol. The monoisotopic (exact) mass is 432 g/mol. The molecule has 0 spiro atoms. The zero-order chi connectivity index (χ0) is 23.3. The fourth-order valence-corrected chi connectivity index (χ4v) is 4.47. The van der Waals surface area contributed by atoms with Gasteiger partial charge in [0.05, 0.1) is 24.3 Å². The second kappa shape index (κ2) is 9.34. The third-order valence-corrected chi connectivity index (χ3v) is 7.37. The predicted molar refractivity (Wildman–Crippen MR) is 117 cm³/mol. The summed E-state index contributed by atoms with van der Waals surface area (Å²) < 4.78 is 0. The smallest absolute Gasteiger partial charge is 0.167 e. The van der Waals surface area contributed by atoms with E-state index in [-0.39, 0.29) is 0 Å².